The van der Waals surface area contributed by atoms with Gasteiger partial charge in [0.2, 0.25) is 0 Å². The Labute approximate surface area is 141 Å². The van der Waals surface area contributed by atoms with Crippen molar-refractivity contribution in [1.29, 1.82) is 0 Å². The number of halogens is 2. The first-order chi connectivity index (χ1) is 11.0. The molecule has 0 saturated heterocycles. The van der Waals surface area contributed by atoms with Crippen molar-refractivity contribution in [2.75, 3.05) is 27.2 Å². The van der Waals surface area contributed by atoms with E-state index in [1.165, 1.54) is 11.8 Å². The van der Waals surface area contributed by atoms with Gasteiger partial charge >= 0.3 is 0 Å². The zero-order valence-electron chi connectivity index (χ0n) is 13.5. The molecule has 1 unspecified atom stereocenters. The molecule has 1 aromatic heterocycles. The number of fused-ring (bicyclic) bond motifs is 1. The maximum absolute atomic E-state index is 13.6. The summed E-state index contributed by atoms with van der Waals surface area (Å²) in [6.45, 7) is 3.54. The number of imidazole rings is 1. The zero-order chi connectivity index (χ0) is 16.4. The van der Waals surface area contributed by atoms with Crippen LogP contribution in [0.1, 0.15) is 23.7 Å². The molecule has 3 rings (SSSR count). The first kappa shape index (κ1) is 16.4. The SMILES string of the molecule is CN(C)CCC1CN(Cc2ccc(Cl)c(F)c2)Cc2cncn21. The standard InChI is InChI=1S/C17H22ClFN4/c1-21(2)6-5-14-10-22(11-15-8-20-12-23(14)15)9-13-3-4-16(18)17(19)7-13/h3-4,7-8,12,14H,5-6,9-11H2,1-2H3. The molecular weight excluding hydrogens is 315 g/mol. The minimum atomic E-state index is -0.352. The summed E-state index contributed by atoms with van der Waals surface area (Å²) in [6, 6.07) is 5.46. The molecule has 0 amide bonds. The van der Waals surface area contributed by atoms with E-state index in [1.54, 1.807) is 6.07 Å². The van der Waals surface area contributed by atoms with Crippen LogP contribution in [0.15, 0.2) is 30.7 Å². The van der Waals surface area contributed by atoms with E-state index < -0.39 is 0 Å². The minimum Gasteiger partial charge on any atom is -0.329 e. The van der Waals surface area contributed by atoms with Gasteiger partial charge in [-0.05, 0) is 44.8 Å². The molecule has 0 radical (unpaired) electrons. The number of rotatable bonds is 5. The number of benzene rings is 1. The second-order valence-electron chi connectivity index (χ2n) is 6.46. The summed E-state index contributed by atoms with van der Waals surface area (Å²) in [6.07, 6.45) is 4.92. The maximum Gasteiger partial charge on any atom is 0.142 e. The Kier molecular flexibility index (Phi) is 4.99. The van der Waals surface area contributed by atoms with Crippen molar-refractivity contribution in [2.24, 2.45) is 0 Å². The summed E-state index contributed by atoms with van der Waals surface area (Å²) in [5.41, 5.74) is 2.17. The van der Waals surface area contributed by atoms with Gasteiger partial charge in [-0.1, -0.05) is 17.7 Å². The van der Waals surface area contributed by atoms with Crippen LogP contribution in [0.5, 0.6) is 0 Å². The van der Waals surface area contributed by atoms with Crippen LogP contribution in [0.4, 0.5) is 4.39 Å². The first-order valence-corrected chi connectivity index (χ1v) is 8.22. The van der Waals surface area contributed by atoms with E-state index in [2.05, 4.69) is 33.4 Å². The van der Waals surface area contributed by atoms with E-state index >= 15 is 0 Å². The Balaban J connectivity index is 1.72. The Morgan fingerprint density at radius 2 is 2.22 bits per heavy atom. The Hall–Kier alpha value is -1.43. The number of hydrogen-bond donors (Lipinski definition) is 0. The van der Waals surface area contributed by atoms with Gasteiger partial charge in [-0.25, -0.2) is 9.37 Å². The van der Waals surface area contributed by atoms with Crippen molar-refractivity contribution in [3.63, 3.8) is 0 Å². The van der Waals surface area contributed by atoms with Gasteiger partial charge in [0.1, 0.15) is 5.82 Å². The molecule has 124 valence electrons. The summed E-state index contributed by atoms with van der Waals surface area (Å²) in [7, 11) is 4.18. The average Bonchev–Trinajstić information content (AvgIpc) is 2.97. The van der Waals surface area contributed by atoms with Crippen molar-refractivity contribution in [1.82, 2.24) is 19.4 Å². The number of nitrogens with zero attached hydrogens (tertiary/aromatic N) is 4. The highest BCUT2D eigenvalue weighted by molar-refractivity contribution is 6.30. The third kappa shape index (κ3) is 3.91. The Bertz CT molecular complexity index is 670. The third-order valence-electron chi connectivity index (χ3n) is 4.29. The fourth-order valence-electron chi connectivity index (χ4n) is 3.12. The Morgan fingerprint density at radius 1 is 1.39 bits per heavy atom. The summed E-state index contributed by atoms with van der Waals surface area (Å²) in [5.74, 6) is -0.352. The van der Waals surface area contributed by atoms with Crippen LogP contribution in [0.25, 0.3) is 0 Å². The molecule has 1 aromatic carbocycles. The lowest BCUT2D eigenvalue weighted by molar-refractivity contribution is 0.165. The Morgan fingerprint density at radius 3 is 2.96 bits per heavy atom. The lowest BCUT2D eigenvalue weighted by atomic mass is 10.1. The molecule has 4 nitrogen and oxygen atoms in total. The van der Waals surface area contributed by atoms with E-state index in [0.717, 1.165) is 38.2 Å². The van der Waals surface area contributed by atoms with Crippen LogP contribution in [0, 0.1) is 5.82 Å². The lowest BCUT2D eigenvalue weighted by Gasteiger charge is -2.35. The molecule has 0 spiro atoms. The second kappa shape index (κ2) is 6.99. The first-order valence-electron chi connectivity index (χ1n) is 7.84. The van der Waals surface area contributed by atoms with Crippen LogP contribution in [0.2, 0.25) is 5.02 Å². The van der Waals surface area contributed by atoms with E-state index in [9.17, 15) is 4.39 Å². The number of hydrogen-bond acceptors (Lipinski definition) is 3. The molecule has 1 aliphatic heterocycles. The normalized spacial score (nSPS) is 18.4. The molecule has 0 aliphatic carbocycles. The van der Waals surface area contributed by atoms with E-state index in [-0.39, 0.29) is 10.8 Å². The molecule has 0 N–H and O–H groups in total. The summed E-state index contributed by atoms with van der Waals surface area (Å²) in [4.78, 5) is 8.84. The van der Waals surface area contributed by atoms with Gasteiger partial charge in [-0.3, -0.25) is 4.90 Å². The topological polar surface area (TPSA) is 24.3 Å². The molecule has 2 heterocycles. The average molecular weight is 337 g/mol. The highest BCUT2D eigenvalue weighted by Crippen LogP contribution is 2.25. The smallest absolute Gasteiger partial charge is 0.142 e. The molecule has 6 heteroatoms. The molecule has 1 aliphatic rings. The van der Waals surface area contributed by atoms with Gasteiger partial charge < -0.3 is 9.47 Å². The van der Waals surface area contributed by atoms with E-state index in [4.69, 9.17) is 11.6 Å². The predicted octanol–water partition coefficient (Wildman–Crippen LogP) is 3.18. The highest BCUT2D eigenvalue weighted by atomic mass is 35.5. The van der Waals surface area contributed by atoms with Crippen LogP contribution in [0.3, 0.4) is 0 Å². The van der Waals surface area contributed by atoms with Crippen molar-refractivity contribution in [3.05, 3.63) is 52.8 Å². The van der Waals surface area contributed by atoms with Crippen molar-refractivity contribution in [3.8, 4) is 0 Å². The fraction of sp³-hybridized carbons (Fsp3) is 0.471. The van der Waals surface area contributed by atoms with Crippen LogP contribution >= 0.6 is 11.6 Å². The monoisotopic (exact) mass is 336 g/mol. The predicted molar refractivity (Wildman–Crippen MR) is 90.0 cm³/mol. The largest absolute Gasteiger partial charge is 0.329 e. The molecular formula is C17H22ClFN4. The maximum atomic E-state index is 13.6. The number of aromatic nitrogens is 2. The molecule has 23 heavy (non-hydrogen) atoms. The minimum absolute atomic E-state index is 0.175. The lowest BCUT2D eigenvalue weighted by Crippen LogP contribution is -2.37. The third-order valence-corrected chi connectivity index (χ3v) is 4.60. The van der Waals surface area contributed by atoms with Crippen LogP contribution in [-0.4, -0.2) is 46.5 Å². The van der Waals surface area contributed by atoms with Gasteiger partial charge in [0.15, 0.2) is 0 Å². The van der Waals surface area contributed by atoms with Gasteiger partial charge in [0.05, 0.1) is 17.0 Å². The van der Waals surface area contributed by atoms with Gasteiger partial charge in [0.25, 0.3) is 0 Å². The summed E-state index contributed by atoms with van der Waals surface area (Å²) in [5, 5.41) is 0.175. The van der Waals surface area contributed by atoms with E-state index in [1.807, 2.05) is 18.6 Å². The molecule has 0 bridgehead atoms. The molecule has 1 atom stereocenters. The summed E-state index contributed by atoms with van der Waals surface area (Å²) < 4.78 is 15.9. The quantitative estimate of drug-likeness (QED) is 0.838. The van der Waals surface area contributed by atoms with Gasteiger partial charge in [0, 0.05) is 31.9 Å². The van der Waals surface area contributed by atoms with Gasteiger partial charge in [-0.15, -0.1) is 0 Å². The molecule has 0 saturated carbocycles. The summed E-state index contributed by atoms with van der Waals surface area (Å²) >= 11 is 5.76. The van der Waals surface area contributed by atoms with Crippen molar-refractivity contribution >= 4 is 11.6 Å². The van der Waals surface area contributed by atoms with Gasteiger partial charge in [-0.2, -0.15) is 0 Å². The molecule has 2 aromatic rings. The fourth-order valence-corrected chi connectivity index (χ4v) is 3.23. The van der Waals surface area contributed by atoms with Crippen LogP contribution in [-0.2, 0) is 13.1 Å². The highest BCUT2D eigenvalue weighted by Gasteiger charge is 2.25. The second-order valence-corrected chi connectivity index (χ2v) is 6.86. The van der Waals surface area contributed by atoms with E-state index in [0.29, 0.717) is 6.04 Å². The zero-order valence-corrected chi connectivity index (χ0v) is 14.3. The van der Waals surface area contributed by atoms with Crippen LogP contribution < -0.4 is 0 Å². The van der Waals surface area contributed by atoms with Crippen molar-refractivity contribution in [2.45, 2.75) is 25.6 Å². The van der Waals surface area contributed by atoms with Crippen molar-refractivity contribution < 1.29 is 4.39 Å². The molecule has 0 fully saturated rings.